The summed E-state index contributed by atoms with van der Waals surface area (Å²) in [6, 6.07) is 0. The molecule has 0 saturated heterocycles. The predicted molar refractivity (Wildman–Crippen MR) is 53.4 cm³/mol. The lowest BCUT2D eigenvalue weighted by Gasteiger charge is -2.13. The standard InChI is InChI=1S/C9H18O2S/c1-7(2)8(3)12-6-5-9(10)11-4/h7-8H,5-6H2,1-4H3. The lowest BCUT2D eigenvalue weighted by atomic mass is 10.2. The van der Waals surface area contributed by atoms with Crippen molar-refractivity contribution in [1.29, 1.82) is 0 Å². The maximum Gasteiger partial charge on any atom is 0.306 e. The van der Waals surface area contributed by atoms with Crippen LogP contribution in [0.4, 0.5) is 0 Å². The van der Waals surface area contributed by atoms with E-state index in [1.165, 1.54) is 7.11 Å². The van der Waals surface area contributed by atoms with Gasteiger partial charge in [0, 0.05) is 11.0 Å². The molecule has 0 aliphatic rings. The molecule has 0 fully saturated rings. The molecule has 0 aromatic rings. The summed E-state index contributed by atoms with van der Waals surface area (Å²) in [5.74, 6) is 1.43. The van der Waals surface area contributed by atoms with Crippen LogP contribution < -0.4 is 0 Å². The summed E-state index contributed by atoms with van der Waals surface area (Å²) < 4.78 is 4.54. The fourth-order valence-electron chi connectivity index (χ4n) is 0.623. The fraction of sp³-hybridized carbons (Fsp3) is 0.889. The lowest BCUT2D eigenvalue weighted by molar-refractivity contribution is -0.140. The van der Waals surface area contributed by atoms with Crippen LogP contribution >= 0.6 is 11.8 Å². The molecule has 1 atom stereocenters. The minimum atomic E-state index is -0.113. The first-order valence-electron chi connectivity index (χ1n) is 4.26. The first kappa shape index (κ1) is 11.8. The highest BCUT2D eigenvalue weighted by molar-refractivity contribution is 7.99. The summed E-state index contributed by atoms with van der Waals surface area (Å²) in [5, 5.41) is 0.620. The minimum Gasteiger partial charge on any atom is -0.469 e. The third kappa shape index (κ3) is 5.47. The number of hydrogen-bond donors (Lipinski definition) is 0. The van der Waals surface area contributed by atoms with Crippen molar-refractivity contribution in [2.45, 2.75) is 32.4 Å². The van der Waals surface area contributed by atoms with Gasteiger partial charge in [-0.05, 0) is 5.92 Å². The van der Waals surface area contributed by atoms with Gasteiger partial charge in [0.15, 0.2) is 0 Å². The fourth-order valence-corrected chi connectivity index (χ4v) is 1.66. The number of carbonyl (C=O) groups is 1. The predicted octanol–water partition coefficient (Wildman–Crippen LogP) is 2.33. The largest absolute Gasteiger partial charge is 0.469 e. The van der Waals surface area contributed by atoms with E-state index in [1.807, 2.05) is 11.8 Å². The van der Waals surface area contributed by atoms with E-state index in [4.69, 9.17) is 0 Å². The van der Waals surface area contributed by atoms with Crippen LogP contribution in [0.3, 0.4) is 0 Å². The van der Waals surface area contributed by atoms with Crippen LogP contribution in [0.25, 0.3) is 0 Å². The van der Waals surface area contributed by atoms with Gasteiger partial charge in [-0.15, -0.1) is 0 Å². The van der Waals surface area contributed by atoms with Gasteiger partial charge in [-0.3, -0.25) is 4.79 Å². The van der Waals surface area contributed by atoms with Crippen molar-refractivity contribution in [2.75, 3.05) is 12.9 Å². The summed E-state index contributed by atoms with van der Waals surface area (Å²) in [7, 11) is 1.43. The van der Waals surface area contributed by atoms with E-state index in [0.29, 0.717) is 17.6 Å². The van der Waals surface area contributed by atoms with Gasteiger partial charge in [0.1, 0.15) is 0 Å². The quantitative estimate of drug-likeness (QED) is 0.622. The first-order chi connectivity index (χ1) is 5.57. The Morgan fingerprint density at radius 1 is 1.42 bits per heavy atom. The van der Waals surface area contributed by atoms with Gasteiger partial charge in [0.05, 0.1) is 13.5 Å². The van der Waals surface area contributed by atoms with Crippen LogP contribution in [0.15, 0.2) is 0 Å². The van der Waals surface area contributed by atoms with Crippen LogP contribution in [-0.4, -0.2) is 24.1 Å². The number of rotatable bonds is 5. The number of carbonyl (C=O) groups excluding carboxylic acids is 1. The Morgan fingerprint density at radius 2 is 2.00 bits per heavy atom. The number of methoxy groups -OCH3 is 1. The van der Waals surface area contributed by atoms with Crippen molar-refractivity contribution in [1.82, 2.24) is 0 Å². The van der Waals surface area contributed by atoms with E-state index in [2.05, 4.69) is 25.5 Å². The van der Waals surface area contributed by atoms with E-state index < -0.39 is 0 Å². The highest BCUT2D eigenvalue weighted by Crippen LogP contribution is 2.19. The van der Waals surface area contributed by atoms with E-state index in [0.717, 1.165) is 5.75 Å². The molecule has 0 aliphatic heterocycles. The zero-order valence-corrected chi connectivity index (χ0v) is 9.11. The number of esters is 1. The topological polar surface area (TPSA) is 26.3 Å². The smallest absolute Gasteiger partial charge is 0.306 e. The van der Waals surface area contributed by atoms with E-state index in [1.54, 1.807) is 0 Å². The molecule has 0 aliphatic carbocycles. The van der Waals surface area contributed by atoms with Gasteiger partial charge in [-0.1, -0.05) is 20.8 Å². The van der Waals surface area contributed by atoms with Crippen LogP contribution in [0.5, 0.6) is 0 Å². The molecule has 0 rings (SSSR count). The van der Waals surface area contributed by atoms with E-state index in [9.17, 15) is 4.79 Å². The molecule has 0 radical (unpaired) electrons. The number of ether oxygens (including phenoxy) is 1. The Bertz CT molecular complexity index is 134. The Labute approximate surface area is 79.1 Å². The lowest BCUT2D eigenvalue weighted by Crippen LogP contribution is -2.08. The second kappa shape index (κ2) is 6.35. The van der Waals surface area contributed by atoms with Crippen molar-refractivity contribution in [2.24, 2.45) is 5.92 Å². The van der Waals surface area contributed by atoms with Gasteiger partial charge in [0.2, 0.25) is 0 Å². The second-order valence-corrected chi connectivity index (χ2v) is 4.63. The van der Waals surface area contributed by atoms with Crippen molar-refractivity contribution in [3.8, 4) is 0 Å². The summed E-state index contributed by atoms with van der Waals surface area (Å²) in [5.41, 5.74) is 0. The average molecular weight is 190 g/mol. The van der Waals surface area contributed by atoms with Crippen LogP contribution in [0.1, 0.15) is 27.2 Å². The van der Waals surface area contributed by atoms with Crippen molar-refractivity contribution < 1.29 is 9.53 Å². The molecule has 0 saturated carbocycles. The molecule has 0 bridgehead atoms. The molecule has 0 N–H and O–H groups in total. The summed E-state index contributed by atoms with van der Waals surface area (Å²) in [6.45, 7) is 6.57. The molecular weight excluding hydrogens is 172 g/mol. The van der Waals surface area contributed by atoms with Crippen LogP contribution in [-0.2, 0) is 9.53 Å². The molecule has 0 amide bonds. The van der Waals surface area contributed by atoms with Gasteiger partial charge in [0.25, 0.3) is 0 Å². The number of hydrogen-bond acceptors (Lipinski definition) is 3. The highest BCUT2D eigenvalue weighted by atomic mass is 32.2. The highest BCUT2D eigenvalue weighted by Gasteiger charge is 2.08. The zero-order valence-electron chi connectivity index (χ0n) is 8.29. The Kier molecular flexibility index (Phi) is 6.25. The normalized spacial score (nSPS) is 13.1. The van der Waals surface area contributed by atoms with Crippen molar-refractivity contribution in [3.63, 3.8) is 0 Å². The monoisotopic (exact) mass is 190 g/mol. The SMILES string of the molecule is COC(=O)CCSC(C)C(C)C. The van der Waals surface area contributed by atoms with E-state index in [-0.39, 0.29) is 5.97 Å². The summed E-state index contributed by atoms with van der Waals surface area (Å²) in [4.78, 5) is 10.7. The van der Waals surface area contributed by atoms with Gasteiger partial charge in [-0.2, -0.15) is 11.8 Å². The molecule has 3 heteroatoms. The van der Waals surface area contributed by atoms with Crippen LogP contribution in [0.2, 0.25) is 0 Å². The molecule has 0 aromatic heterocycles. The molecule has 0 aromatic carbocycles. The van der Waals surface area contributed by atoms with Crippen LogP contribution in [0, 0.1) is 5.92 Å². The average Bonchev–Trinajstić information content (AvgIpc) is 2.03. The minimum absolute atomic E-state index is 0.113. The number of thioether (sulfide) groups is 1. The molecule has 0 heterocycles. The van der Waals surface area contributed by atoms with Gasteiger partial charge >= 0.3 is 5.97 Å². The molecule has 72 valence electrons. The molecule has 0 spiro atoms. The van der Waals surface area contributed by atoms with Crippen molar-refractivity contribution >= 4 is 17.7 Å². The maximum atomic E-state index is 10.7. The maximum absolute atomic E-state index is 10.7. The van der Waals surface area contributed by atoms with Gasteiger partial charge in [-0.25, -0.2) is 0 Å². The zero-order chi connectivity index (χ0) is 9.56. The summed E-state index contributed by atoms with van der Waals surface area (Å²) in [6.07, 6.45) is 0.526. The first-order valence-corrected chi connectivity index (χ1v) is 5.31. The van der Waals surface area contributed by atoms with Crippen molar-refractivity contribution in [3.05, 3.63) is 0 Å². The Balaban J connectivity index is 3.37. The molecular formula is C9H18O2S. The Hall–Kier alpha value is -0.180. The second-order valence-electron chi connectivity index (χ2n) is 3.15. The third-order valence-electron chi connectivity index (χ3n) is 1.85. The molecule has 12 heavy (non-hydrogen) atoms. The van der Waals surface area contributed by atoms with Gasteiger partial charge < -0.3 is 4.74 Å². The summed E-state index contributed by atoms with van der Waals surface area (Å²) >= 11 is 1.83. The third-order valence-corrected chi connectivity index (χ3v) is 3.36. The molecule has 2 nitrogen and oxygen atoms in total. The Morgan fingerprint density at radius 3 is 2.42 bits per heavy atom. The molecule has 1 unspecified atom stereocenters. The van der Waals surface area contributed by atoms with E-state index >= 15 is 0 Å².